The third kappa shape index (κ3) is 3.09. The maximum Gasteiger partial charge on any atom is 0.346 e. The van der Waals surface area contributed by atoms with Crippen molar-refractivity contribution in [3.05, 3.63) is 46.5 Å². The molecule has 1 heterocycles. The quantitative estimate of drug-likeness (QED) is 0.561. The molecule has 3 N–H and O–H groups in total. The predicted molar refractivity (Wildman–Crippen MR) is 70.7 cm³/mol. The van der Waals surface area contributed by atoms with Gasteiger partial charge in [0.15, 0.2) is 11.5 Å². The number of methoxy groups -OCH3 is 1. The van der Waals surface area contributed by atoms with Gasteiger partial charge >= 0.3 is 5.69 Å². The van der Waals surface area contributed by atoms with Gasteiger partial charge in [-0.2, -0.15) is 5.10 Å². The molecular weight excluding hydrogens is 248 g/mol. The van der Waals surface area contributed by atoms with Crippen molar-refractivity contribution in [3.8, 4) is 11.5 Å². The standard InChI is InChI=1S/C12H12N4O3/c1-19-9-4-2-3-8(11(9)17)7-14-16-10-5-6-13-12(18)15-10/h2-7,17H,1H3,(H2,13,15,16,18)/b14-7+. The van der Waals surface area contributed by atoms with E-state index in [1.165, 1.54) is 19.5 Å². The van der Waals surface area contributed by atoms with E-state index in [9.17, 15) is 9.90 Å². The second-order valence-electron chi connectivity index (χ2n) is 3.56. The second kappa shape index (κ2) is 5.67. The van der Waals surface area contributed by atoms with E-state index in [0.717, 1.165) is 0 Å². The van der Waals surface area contributed by atoms with Crippen LogP contribution in [0.5, 0.6) is 11.5 Å². The summed E-state index contributed by atoms with van der Waals surface area (Å²) in [5, 5.41) is 13.7. The lowest BCUT2D eigenvalue weighted by molar-refractivity contribution is 0.373. The van der Waals surface area contributed by atoms with Crippen LogP contribution in [0.2, 0.25) is 0 Å². The van der Waals surface area contributed by atoms with Gasteiger partial charge in [0.25, 0.3) is 0 Å². The molecule has 0 aliphatic rings. The van der Waals surface area contributed by atoms with Crippen molar-refractivity contribution in [2.45, 2.75) is 0 Å². The first-order valence-corrected chi connectivity index (χ1v) is 5.41. The van der Waals surface area contributed by atoms with E-state index in [1.807, 2.05) is 0 Å². The summed E-state index contributed by atoms with van der Waals surface area (Å²) in [7, 11) is 1.47. The minimum absolute atomic E-state index is 0.00114. The number of anilines is 1. The maximum atomic E-state index is 10.9. The number of para-hydroxylation sites is 1. The molecule has 0 bridgehead atoms. The molecule has 0 radical (unpaired) electrons. The van der Waals surface area contributed by atoms with Crippen LogP contribution in [-0.2, 0) is 0 Å². The van der Waals surface area contributed by atoms with E-state index in [0.29, 0.717) is 17.1 Å². The van der Waals surface area contributed by atoms with Gasteiger partial charge in [0.2, 0.25) is 0 Å². The number of rotatable bonds is 4. The third-order valence-corrected chi connectivity index (χ3v) is 2.31. The van der Waals surface area contributed by atoms with Crippen molar-refractivity contribution >= 4 is 12.0 Å². The average molecular weight is 260 g/mol. The molecule has 0 atom stereocenters. The van der Waals surface area contributed by atoms with E-state index >= 15 is 0 Å². The number of aromatic amines is 1. The number of benzene rings is 1. The van der Waals surface area contributed by atoms with Crippen molar-refractivity contribution in [2.75, 3.05) is 12.5 Å². The molecule has 0 saturated heterocycles. The first kappa shape index (κ1) is 12.6. The summed E-state index contributed by atoms with van der Waals surface area (Å²) >= 11 is 0. The zero-order chi connectivity index (χ0) is 13.7. The summed E-state index contributed by atoms with van der Waals surface area (Å²) in [6.45, 7) is 0. The zero-order valence-corrected chi connectivity index (χ0v) is 10.1. The molecule has 1 aromatic carbocycles. The van der Waals surface area contributed by atoms with Gasteiger partial charge in [0.05, 0.1) is 13.3 Å². The Kier molecular flexibility index (Phi) is 3.77. The Morgan fingerprint density at radius 3 is 3.05 bits per heavy atom. The highest BCUT2D eigenvalue weighted by Gasteiger charge is 2.04. The van der Waals surface area contributed by atoms with Crippen molar-refractivity contribution in [1.29, 1.82) is 0 Å². The number of hydrazone groups is 1. The fourth-order valence-corrected chi connectivity index (χ4v) is 1.41. The van der Waals surface area contributed by atoms with Crippen LogP contribution in [-0.4, -0.2) is 28.4 Å². The predicted octanol–water partition coefficient (Wildman–Crippen LogP) is 0.930. The van der Waals surface area contributed by atoms with Gasteiger partial charge < -0.3 is 9.84 Å². The number of H-pyrrole nitrogens is 1. The number of nitrogens with one attached hydrogen (secondary N) is 2. The van der Waals surface area contributed by atoms with Gasteiger partial charge in [-0.05, 0) is 18.2 Å². The van der Waals surface area contributed by atoms with Gasteiger partial charge in [-0.1, -0.05) is 6.07 Å². The Balaban J connectivity index is 2.13. The largest absolute Gasteiger partial charge is 0.504 e. The Morgan fingerprint density at radius 1 is 1.47 bits per heavy atom. The van der Waals surface area contributed by atoms with Crippen LogP contribution < -0.4 is 15.9 Å². The van der Waals surface area contributed by atoms with Gasteiger partial charge in [-0.25, -0.2) is 9.78 Å². The third-order valence-electron chi connectivity index (χ3n) is 2.31. The number of phenolic OH excluding ortho intramolecular Hbond substituents is 1. The first-order valence-electron chi connectivity index (χ1n) is 5.41. The normalized spacial score (nSPS) is 10.6. The lowest BCUT2D eigenvalue weighted by Crippen LogP contribution is -2.10. The van der Waals surface area contributed by atoms with Gasteiger partial charge in [-0.15, -0.1) is 0 Å². The summed E-state index contributed by atoms with van der Waals surface area (Å²) in [4.78, 5) is 16.9. The summed E-state index contributed by atoms with van der Waals surface area (Å²) in [6.07, 6.45) is 2.77. The summed E-state index contributed by atoms with van der Waals surface area (Å²) in [6, 6.07) is 6.61. The minimum Gasteiger partial charge on any atom is -0.504 e. The zero-order valence-electron chi connectivity index (χ0n) is 10.1. The topological polar surface area (TPSA) is 99.6 Å². The molecule has 98 valence electrons. The van der Waals surface area contributed by atoms with E-state index in [1.54, 1.807) is 24.3 Å². The molecule has 2 rings (SSSR count). The van der Waals surface area contributed by atoms with Crippen LogP contribution >= 0.6 is 0 Å². The van der Waals surface area contributed by atoms with Gasteiger partial charge in [0, 0.05) is 11.8 Å². The number of aromatic hydroxyl groups is 1. The maximum absolute atomic E-state index is 10.9. The highest BCUT2D eigenvalue weighted by atomic mass is 16.5. The number of nitrogens with zero attached hydrogens (tertiary/aromatic N) is 2. The molecule has 0 aliphatic heterocycles. The van der Waals surface area contributed by atoms with Crippen molar-refractivity contribution in [1.82, 2.24) is 9.97 Å². The van der Waals surface area contributed by atoms with Crippen molar-refractivity contribution in [3.63, 3.8) is 0 Å². The molecular formula is C12H12N4O3. The molecule has 2 aromatic rings. The van der Waals surface area contributed by atoms with E-state index in [4.69, 9.17) is 4.74 Å². The Bertz CT molecular complexity index is 651. The van der Waals surface area contributed by atoms with Crippen LogP contribution in [0.4, 0.5) is 5.82 Å². The lowest BCUT2D eigenvalue weighted by Gasteiger charge is -2.05. The average Bonchev–Trinajstić information content (AvgIpc) is 2.41. The van der Waals surface area contributed by atoms with Crippen LogP contribution in [0.15, 0.2) is 40.4 Å². The monoisotopic (exact) mass is 260 g/mol. The Hall–Kier alpha value is -2.83. The SMILES string of the molecule is COc1cccc(/C=N/Nc2ccnc(=O)[nH]2)c1O. The molecule has 1 aromatic heterocycles. The van der Waals surface area contributed by atoms with Crippen LogP contribution in [0.3, 0.4) is 0 Å². The first-order chi connectivity index (χ1) is 9.20. The summed E-state index contributed by atoms with van der Waals surface area (Å²) in [5.41, 5.74) is 2.64. The fourth-order valence-electron chi connectivity index (χ4n) is 1.41. The molecule has 0 spiro atoms. The van der Waals surface area contributed by atoms with E-state index in [-0.39, 0.29) is 5.75 Å². The summed E-state index contributed by atoms with van der Waals surface area (Å²) in [5.74, 6) is 0.763. The fraction of sp³-hybridized carbons (Fsp3) is 0.0833. The number of hydrogen-bond donors (Lipinski definition) is 3. The highest BCUT2D eigenvalue weighted by Crippen LogP contribution is 2.27. The van der Waals surface area contributed by atoms with Crippen LogP contribution in [0.1, 0.15) is 5.56 Å². The van der Waals surface area contributed by atoms with Gasteiger partial charge in [0.1, 0.15) is 5.82 Å². The van der Waals surface area contributed by atoms with Gasteiger partial charge in [-0.3, -0.25) is 10.4 Å². The molecule has 0 aliphatic carbocycles. The molecule has 0 amide bonds. The molecule has 0 saturated carbocycles. The molecule has 19 heavy (non-hydrogen) atoms. The molecule has 0 fully saturated rings. The molecule has 0 unspecified atom stereocenters. The lowest BCUT2D eigenvalue weighted by atomic mass is 10.2. The number of aromatic nitrogens is 2. The second-order valence-corrected chi connectivity index (χ2v) is 3.56. The van der Waals surface area contributed by atoms with Crippen molar-refractivity contribution in [2.24, 2.45) is 5.10 Å². The van der Waals surface area contributed by atoms with E-state index in [2.05, 4.69) is 20.5 Å². The Morgan fingerprint density at radius 2 is 2.32 bits per heavy atom. The molecule has 7 nitrogen and oxygen atoms in total. The minimum atomic E-state index is -0.468. The number of phenols is 1. The number of hydrogen-bond acceptors (Lipinski definition) is 6. The van der Waals surface area contributed by atoms with E-state index < -0.39 is 5.69 Å². The van der Waals surface area contributed by atoms with Crippen molar-refractivity contribution < 1.29 is 9.84 Å². The Labute approximate surface area is 108 Å². The number of ether oxygens (including phenoxy) is 1. The highest BCUT2D eigenvalue weighted by molar-refractivity contribution is 5.85. The van der Waals surface area contributed by atoms with Crippen LogP contribution in [0.25, 0.3) is 0 Å². The smallest absolute Gasteiger partial charge is 0.346 e. The summed E-state index contributed by atoms with van der Waals surface area (Å²) < 4.78 is 4.98. The van der Waals surface area contributed by atoms with Crippen LogP contribution in [0, 0.1) is 0 Å². The molecule has 7 heteroatoms.